The highest BCUT2D eigenvalue weighted by Crippen LogP contribution is 2.21. The van der Waals surface area contributed by atoms with Crippen molar-refractivity contribution in [3.8, 4) is 0 Å². The molecular weight excluding hydrogens is 266 g/mol. The number of amides is 1. The Hall–Kier alpha value is -3.08. The van der Waals surface area contributed by atoms with Gasteiger partial charge in [-0.2, -0.15) is 5.10 Å². The van der Waals surface area contributed by atoms with Gasteiger partial charge in [0.25, 0.3) is 5.91 Å². The van der Waals surface area contributed by atoms with Gasteiger partial charge in [0.05, 0.1) is 11.7 Å². The van der Waals surface area contributed by atoms with Gasteiger partial charge in [0.2, 0.25) is 0 Å². The van der Waals surface area contributed by atoms with Gasteiger partial charge < -0.3 is 9.73 Å². The summed E-state index contributed by atoms with van der Waals surface area (Å²) < 4.78 is 5.54. The van der Waals surface area contributed by atoms with Crippen molar-refractivity contribution in [3.63, 3.8) is 0 Å². The van der Waals surface area contributed by atoms with Crippen LogP contribution in [0.15, 0.2) is 59.1 Å². The molecule has 0 saturated heterocycles. The van der Waals surface area contributed by atoms with E-state index in [-0.39, 0.29) is 5.91 Å². The molecule has 0 aliphatic heterocycles. The van der Waals surface area contributed by atoms with Gasteiger partial charge in [-0.25, -0.2) is 0 Å². The Bertz CT molecular complexity index is 919. The van der Waals surface area contributed by atoms with Gasteiger partial charge in [0, 0.05) is 16.5 Å². The van der Waals surface area contributed by atoms with Crippen LogP contribution in [0.2, 0.25) is 0 Å². The molecule has 0 saturated carbocycles. The molecule has 0 radical (unpaired) electrons. The highest BCUT2D eigenvalue weighted by molar-refractivity contribution is 6.05. The van der Waals surface area contributed by atoms with Crippen LogP contribution in [-0.4, -0.2) is 16.1 Å². The molecule has 1 amide bonds. The molecule has 0 aliphatic carbocycles. The SMILES string of the molecule is O=C(Nc1ccc2[nH]ncc2c1)c1cc2ccccc2o1. The van der Waals surface area contributed by atoms with E-state index in [1.54, 1.807) is 12.3 Å². The van der Waals surface area contributed by atoms with Gasteiger partial charge >= 0.3 is 0 Å². The normalized spacial score (nSPS) is 11.0. The average molecular weight is 277 g/mol. The Morgan fingerprint density at radius 3 is 2.90 bits per heavy atom. The Morgan fingerprint density at radius 2 is 2.00 bits per heavy atom. The van der Waals surface area contributed by atoms with E-state index in [9.17, 15) is 4.79 Å². The Morgan fingerprint density at radius 1 is 1.10 bits per heavy atom. The summed E-state index contributed by atoms with van der Waals surface area (Å²) in [5.74, 6) is 0.0255. The number of H-pyrrole nitrogens is 1. The number of aromatic nitrogens is 2. The number of hydrogen-bond acceptors (Lipinski definition) is 3. The average Bonchev–Trinajstić information content (AvgIpc) is 3.13. The Kier molecular flexibility index (Phi) is 2.50. The van der Waals surface area contributed by atoms with Crippen LogP contribution >= 0.6 is 0 Å². The first kappa shape index (κ1) is 11.7. The summed E-state index contributed by atoms with van der Waals surface area (Å²) in [7, 11) is 0. The van der Waals surface area contributed by atoms with Crippen molar-refractivity contribution < 1.29 is 9.21 Å². The third-order valence-electron chi connectivity index (χ3n) is 3.35. The van der Waals surface area contributed by atoms with E-state index < -0.39 is 0 Å². The molecule has 0 aliphatic rings. The monoisotopic (exact) mass is 277 g/mol. The number of hydrogen-bond donors (Lipinski definition) is 2. The molecule has 4 rings (SSSR count). The van der Waals surface area contributed by atoms with Gasteiger partial charge in [-0.15, -0.1) is 0 Å². The number of fused-ring (bicyclic) bond motifs is 2. The second-order valence-electron chi connectivity index (χ2n) is 4.77. The van der Waals surface area contributed by atoms with Gasteiger partial charge in [-0.05, 0) is 30.3 Å². The molecule has 5 heteroatoms. The lowest BCUT2D eigenvalue weighted by atomic mass is 10.2. The summed E-state index contributed by atoms with van der Waals surface area (Å²) in [5, 5.41) is 11.5. The van der Waals surface area contributed by atoms with Crippen LogP contribution in [0, 0.1) is 0 Å². The fourth-order valence-electron chi connectivity index (χ4n) is 2.31. The zero-order valence-electron chi connectivity index (χ0n) is 11.0. The highest BCUT2D eigenvalue weighted by Gasteiger charge is 2.12. The molecule has 0 unspecified atom stereocenters. The maximum Gasteiger partial charge on any atom is 0.291 e. The first-order valence-corrected chi connectivity index (χ1v) is 6.53. The Balaban J connectivity index is 1.64. The number of aromatic amines is 1. The summed E-state index contributed by atoms with van der Waals surface area (Å²) in [5.41, 5.74) is 2.33. The number of benzene rings is 2. The zero-order valence-corrected chi connectivity index (χ0v) is 11.0. The van der Waals surface area contributed by atoms with E-state index in [0.717, 1.165) is 16.3 Å². The van der Waals surface area contributed by atoms with Gasteiger partial charge in [0.15, 0.2) is 5.76 Å². The maximum atomic E-state index is 12.2. The van der Waals surface area contributed by atoms with Gasteiger partial charge in [0.1, 0.15) is 5.58 Å². The first-order valence-electron chi connectivity index (χ1n) is 6.53. The molecule has 21 heavy (non-hydrogen) atoms. The van der Waals surface area contributed by atoms with Gasteiger partial charge in [-0.3, -0.25) is 9.89 Å². The van der Waals surface area contributed by atoms with E-state index >= 15 is 0 Å². The molecular formula is C16H11N3O2. The zero-order chi connectivity index (χ0) is 14.2. The second kappa shape index (κ2) is 4.49. The number of para-hydroxylation sites is 1. The molecule has 2 aromatic carbocycles. The summed E-state index contributed by atoms with van der Waals surface area (Å²) in [6.45, 7) is 0. The summed E-state index contributed by atoms with van der Waals surface area (Å²) in [4.78, 5) is 12.2. The number of carbonyl (C=O) groups excluding carboxylic acids is 1. The van der Waals surface area contributed by atoms with E-state index in [4.69, 9.17) is 4.42 Å². The summed E-state index contributed by atoms with van der Waals surface area (Å²) in [6.07, 6.45) is 1.71. The fourth-order valence-corrected chi connectivity index (χ4v) is 2.31. The molecule has 0 spiro atoms. The van der Waals surface area contributed by atoms with Crippen molar-refractivity contribution in [2.24, 2.45) is 0 Å². The molecule has 2 N–H and O–H groups in total. The lowest BCUT2D eigenvalue weighted by Gasteiger charge is -2.02. The van der Waals surface area contributed by atoms with Crippen molar-refractivity contribution in [3.05, 3.63) is 60.5 Å². The van der Waals surface area contributed by atoms with Crippen LogP contribution in [0.25, 0.3) is 21.9 Å². The molecule has 0 atom stereocenters. The molecule has 5 nitrogen and oxygen atoms in total. The van der Waals surface area contributed by atoms with Crippen LogP contribution in [-0.2, 0) is 0 Å². The first-order chi connectivity index (χ1) is 10.3. The number of nitrogens with one attached hydrogen (secondary N) is 2. The lowest BCUT2D eigenvalue weighted by molar-refractivity contribution is 0.0998. The maximum absolute atomic E-state index is 12.2. The van der Waals surface area contributed by atoms with E-state index in [1.165, 1.54) is 0 Å². The highest BCUT2D eigenvalue weighted by atomic mass is 16.3. The third-order valence-corrected chi connectivity index (χ3v) is 3.35. The quantitative estimate of drug-likeness (QED) is 0.588. The van der Waals surface area contributed by atoms with E-state index in [2.05, 4.69) is 15.5 Å². The Labute approximate surface area is 119 Å². The summed E-state index contributed by atoms with van der Waals surface area (Å²) in [6, 6.07) is 14.8. The smallest absolute Gasteiger partial charge is 0.291 e. The fraction of sp³-hybridized carbons (Fsp3) is 0. The van der Waals surface area contributed by atoms with Crippen LogP contribution in [0.4, 0.5) is 5.69 Å². The molecule has 102 valence electrons. The van der Waals surface area contributed by atoms with Crippen molar-refractivity contribution >= 4 is 33.5 Å². The van der Waals surface area contributed by atoms with Crippen molar-refractivity contribution in [1.29, 1.82) is 0 Å². The van der Waals surface area contributed by atoms with Crippen LogP contribution in [0.3, 0.4) is 0 Å². The van der Waals surface area contributed by atoms with Crippen molar-refractivity contribution in [1.82, 2.24) is 10.2 Å². The largest absolute Gasteiger partial charge is 0.451 e. The number of rotatable bonds is 2. The van der Waals surface area contributed by atoms with E-state index in [0.29, 0.717) is 17.0 Å². The minimum Gasteiger partial charge on any atom is -0.451 e. The topological polar surface area (TPSA) is 70.9 Å². The standard InChI is InChI=1S/C16H11N3O2/c20-16(15-8-10-3-1-2-4-14(10)21-15)18-12-5-6-13-11(7-12)9-17-19-13/h1-9H,(H,17,19)(H,18,20). The van der Waals surface area contributed by atoms with Crippen molar-refractivity contribution in [2.75, 3.05) is 5.32 Å². The predicted octanol–water partition coefficient (Wildman–Crippen LogP) is 3.56. The van der Waals surface area contributed by atoms with Crippen molar-refractivity contribution in [2.45, 2.75) is 0 Å². The molecule has 0 fully saturated rings. The minimum absolute atomic E-state index is 0.269. The molecule has 2 aromatic heterocycles. The minimum atomic E-state index is -0.269. The number of nitrogens with zero attached hydrogens (tertiary/aromatic N) is 1. The second-order valence-corrected chi connectivity index (χ2v) is 4.77. The predicted molar refractivity (Wildman–Crippen MR) is 80.3 cm³/mol. The lowest BCUT2D eigenvalue weighted by Crippen LogP contribution is -2.10. The van der Waals surface area contributed by atoms with Crippen LogP contribution in [0.5, 0.6) is 0 Å². The number of anilines is 1. The van der Waals surface area contributed by atoms with Crippen LogP contribution < -0.4 is 5.32 Å². The summed E-state index contributed by atoms with van der Waals surface area (Å²) >= 11 is 0. The molecule has 2 heterocycles. The van der Waals surface area contributed by atoms with Gasteiger partial charge in [-0.1, -0.05) is 18.2 Å². The third kappa shape index (κ3) is 2.04. The van der Waals surface area contributed by atoms with E-state index in [1.807, 2.05) is 42.5 Å². The number of carbonyl (C=O) groups is 1. The molecule has 0 bridgehead atoms. The molecule has 4 aromatic rings. The van der Waals surface area contributed by atoms with Crippen LogP contribution in [0.1, 0.15) is 10.6 Å². The number of furan rings is 1.